The molecule has 0 bridgehead atoms. The molecule has 0 unspecified atom stereocenters. The van der Waals surface area contributed by atoms with E-state index in [0.717, 1.165) is 17.5 Å². The number of rotatable bonds is 2. The zero-order valence-corrected chi connectivity index (χ0v) is 12.0. The van der Waals surface area contributed by atoms with Gasteiger partial charge in [0.25, 0.3) is 5.91 Å². The number of benzene rings is 1. The lowest BCUT2D eigenvalue weighted by Gasteiger charge is -2.22. The Hall–Kier alpha value is -1.46. The Kier molecular flexibility index (Phi) is 3.48. The molecule has 1 atom stereocenters. The Labute approximate surface area is 120 Å². The molecule has 1 aliphatic heterocycles. The van der Waals surface area contributed by atoms with E-state index in [2.05, 4.69) is 0 Å². The van der Waals surface area contributed by atoms with Gasteiger partial charge in [0.15, 0.2) is 0 Å². The number of hydrogen-bond acceptors (Lipinski definition) is 3. The van der Waals surface area contributed by atoms with Gasteiger partial charge in [-0.2, -0.15) is 0 Å². The highest BCUT2D eigenvalue weighted by molar-refractivity contribution is 7.21. The van der Waals surface area contributed by atoms with Gasteiger partial charge in [-0.25, -0.2) is 4.39 Å². The minimum Gasteiger partial charge on any atom is -0.394 e. The lowest BCUT2D eigenvalue weighted by Crippen LogP contribution is -2.37. The maximum absolute atomic E-state index is 13.9. The largest absolute Gasteiger partial charge is 0.394 e. The molecule has 3 rings (SSSR count). The van der Waals surface area contributed by atoms with Gasteiger partial charge in [-0.3, -0.25) is 4.79 Å². The molecule has 1 aromatic carbocycles. The highest BCUT2D eigenvalue weighted by Gasteiger charge is 2.31. The summed E-state index contributed by atoms with van der Waals surface area (Å²) in [7, 11) is 0. The topological polar surface area (TPSA) is 40.5 Å². The first kappa shape index (κ1) is 13.5. The first-order valence-corrected chi connectivity index (χ1v) is 7.54. The third-order valence-electron chi connectivity index (χ3n) is 3.95. The van der Waals surface area contributed by atoms with Crippen LogP contribution in [0.15, 0.2) is 18.2 Å². The van der Waals surface area contributed by atoms with Crippen LogP contribution >= 0.6 is 11.3 Å². The van der Waals surface area contributed by atoms with E-state index in [9.17, 15) is 14.3 Å². The van der Waals surface area contributed by atoms with Crippen LogP contribution in [-0.2, 0) is 0 Å². The number of thiophene rings is 1. The lowest BCUT2D eigenvalue weighted by atomic mass is 10.1. The Morgan fingerprint density at radius 1 is 1.55 bits per heavy atom. The molecule has 1 amide bonds. The smallest absolute Gasteiger partial charge is 0.264 e. The van der Waals surface area contributed by atoms with Crippen LogP contribution in [0, 0.1) is 12.7 Å². The number of aryl methyl sites for hydroxylation is 1. The highest BCUT2D eigenvalue weighted by atomic mass is 32.1. The Balaban J connectivity index is 2.04. The molecule has 1 aliphatic rings. The molecular weight excluding hydrogens is 277 g/mol. The van der Waals surface area contributed by atoms with E-state index >= 15 is 0 Å². The number of carbonyl (C=O) groups is 1. The van der Waals surface area contributed by atoms with E-state index in [4.69, 9.17) is 0 Å². The molecular formula is C15H16FNO2S. The van der Waals surface area contributed by atoms with Crippen LogP contribution in [0.3, 0.4) is 0 Å². The average Bonchev–Trinajstić information content (AvgIpc) is 3.03. The average molecular weight is 293 g/mol. The summed E-state index contributed by atoms with van der Waals surface area (Å²) >= 11 is 1.33. The van der Waals surface area contributed by atoms with Crippen molar-refractivity contribution in [3.63, 3.8) is 0 Å². The fourth-order valence-corrected chi connectivity index (χ4v) is 4.06. The van der Waals surface area contributed by atoms with E-state index in [0.29, 0.717) is 22.4 Å². The molecule has 0 spiro atoms. The fraction of sp³-hybridized carbons (Fsp3) is 0.400. The van der Waals surface area contributed by atoms with E-state index in [1.807, 2.05) is 6.07 Å². The van der Waals surface area contributed by atoms with Gasteiger partial charge in [0.1, 0.15) is 5.82 Å². The second-order valence-corrected chi connectivity index (χ2v) is 6.20. The quantitative estimate of drug-likeness (QED) is 0.925. The van der Waals surface area contributed by atoms with Crippen molar-refractivity contribution in [1.82, 2.24) is 4.90 Å². The summed E-state index contributed by atoms with van der Waals surface area (Å²) in [5, 5.41) is 9.88. The number of nitrogens with zero attached hydrogens (tertiary/aromatic N) is 1. The Bertz CT molecular complexity index is 667. The Morgan fingerprint density at radius 2 is 2.35 bits per heavy atom. The summed E-state index contributed by atoms with van der Waals surface area (Å²) < 4.78 is 14.7. The first-order valence-electron chi connectivity index (χ1n) is 6.73. The molecule has 5 heteroatoms. The number of likely N-dealkylation sites (tertiary alicyclic amines) is 1. The molecule has 0 aliphatic carbocycles. The normalized spacial score (nSPS) is 18.9. The number of hydrogen-bond donors (Lipinski definition) is 1. The molecule has 1 saturated heterocycles. The van der Waals surface area contributed by atoms with E-state index in [-0.39, 0.29) is 24.4 Å². The summed E-state index contributed by atoms with van der Waals surface area (Å²) in [5.74, 6) is -0.366. The van der Waals surface area contributed by atoms with Crippen molar-refractivity contribution in [1.29, 1.82) is 0 Å². The zero-order chi connectivity index (χ0) is 14.3. The number of aliphatic hydroxyl groups excluding tert-OH is 1. The van der Waals surface area contributed by atoms with Crippen molar-refractivity contribution in [3.8, 4) is 0 Å². The van der Waals surface area contributed by atoms with Gasteiger partial charge < -0.3 is 10.0 Å². The van der Waals surface area contributed by atoms with Gasteiger partial charge in [0, 0.05) is 16.6 Å². The van der Waals surface area contributed by atoms with Gasteiger partial charge in [-0.15, -0.1) is 11.3 Å². The van der Waals surface area contributed by atoms with E-state index in [1.165, 1.54) is 17.4 Å². The van der Waals surface area contributed by atoms with Gasteiger partial charge in [0.05, 0.1) is 17.5 Å². The van der Waals surface area contributed by atoms with Crippen LogP contribution < -0.4 is 0 Å². The summed E-state index contributed by atoms with van der Waals surface area (Å²) in [6.07, 6.45) is 1.75. The van der Waals surface area contributed by atoms with Crippen molar-refractivity contribution >= 4 is 27.3 Å². The number of fused-ring (bicyclic) bond motifs is 1. The summed E-state index contributed by atoms with van der Waals surface area (Å²) in [6.45, 7) is 2.45. The minimum atomic E-state index is -0.282. The summed E-state index contributed by atoms with van der Waals surface area (Å²) in [5.41, 5.74) is 0.705. The molecule has 1 aromatic heterocycles. The van der Waals surface area contributed by atoms with Crippen LogP contribution in [0.5, 0.6) is 0 Å². The summed E-state index contributed by atoms with van der Waals surface area (Å²) in [4.78, 5) is 14.9. The maximum atomic E-state index is 13.9. The lowest BCUT2D eigenvalue weighted by molar-refractivity contribution is 0.0682. The van der Waals surface area contributed by atoms with E-state index in [1.54, 1.807) is 17.9 Å². The van der Waals surface area contributed by atoms with Gasteiger partial charge in [-0.1, -0.05) is 6.07 Å². The third kappa shape index (κ3) is 2.01. The van der Waals surface area contributed by atoms with Crippen LogP contribution in [0.1, 0.15) is 28.1 Å². The van der Waals surface area contributed by atoms with Crippen LogP contribution in [-0.4, -0.2) is 35.1 Å². The second-order valence-electron chi connectivity index (χ2n) is 5.15. The predicted molar refractivity (Wildman–Crippen MR) is 77.7 cm³/mol. The van der Waals surface area contributed by atoms with E-state index < -0.39 is 0 Å². The van der Waals surface area contributed by atoms with Crippen molar-refractivity contribution in [2.24, 2.45) is 0 Å². The molecule has 2 aromatic rings. The van der Waals surface area contributed by atoms with Gasteiger partial charge >= 0.3 is 0 Å². The summed E-state index contributed by atoms with van der Waals surface area (Å²) in [6, 6.07) is 4.81. The molecule has 0 saturated carbocycles. The molecule has 3 nitrogen and oxygen atoms in total. The van der Waals surface area contributed by atoms with Crippen molar-refractivity contribution < 1.29 is 14.3 Å². The SMILES string of the molecule is Cc1c(C(=O)N2CCC[C@H]2CO)sc2cccc(F)c12. The number of halogens is 1. The van der Waals surface area contributed by atoms with Crippen molar-refractivity contribution in [2.75, 3.05) is 13.2 Å². The standard InChI is InChI=1S/C15H16FNO2S/c1-9-13-11(16)5-2-6-12(13)20-14(9)15(19)17-7-3-4-10(17)8-18/h2,5-6,10,18H,3-4,7-8H2,1H3/t10-/m0/s1. The number of aliphatic hydroxyl groups is 1. The second kappa shape index (κ2) is 5.14. The monoisotopic (exact) mass is 293 g/mol. The maximum Gasteiger partial charge on any atom is 0.264 e. The molecule has 106 valence electrons. The fourth-order valence-electron chi connectivity index (χ4n) is 2.88. The molecule has 1 N–H and O–H groups in total. The molecule has 2 heterocycles. The van der Waals surface area contributed by atoms with Crippen molar-refractivity contribution in [2.45, 2.75) is 25.8 Å². The molecule has 1 fully saturated rings. The van der Waals surface area contributed by atoms with Gasteiger partial charge in [-0.05, 0) is 37.5 Å². The van der Waals surface area contributed by atoms with Crippen LogP contribution in [0.2, 0.25) is 0 Å². The predicted octanol–water partition coefficient (Wildman–Crippen LogP) is 2.95. The number of carbonyl (C=O) groups excluding carboxylic acids is 1. The Morgan fingerprint density at radius 3 is 3.05 bits per heavy atom. The van der Waals surface area contributed by atoms with Crippen LogP contribution in [0.25, 0.3) is 10.1 Å². The minimum absolute atomic E-state index is 0.00988. The third-order valence-corrected chi connectivity index (χ3v) is 5.19. The van der Waals surface area contributed by atoms with Crippen LogP contribution in [0.4, 0.5) is 4.39 Å². The first-order chi connectivity index (χ1) is 9.63. The zero-order valence-electron chi connectivity index (χ0n) is 11.2. The highest BCUT2D eigenvalue weighted by Crippen LogP contribution is 2.34. The molecule has 0 radical (unpaired) electrons. The number of amides is 1. The van der Waals surface area contributed by atoms with Gasteiger partial charge in [0.2, 0.25) is 0 Å². The molecule has 20 heavy (non-hydrogen) atoms. The van der Waals surface area contributed by atoms with Crippen molar-refractivity contribution in [3.05, 3.63) is 34.5 Å².